The molecule has 84 valence electrons. The summed E-state index contributed by atoms with van der Waals surface area (Å²) in [5, 5.41) is 0. The molecule has 1 aliphatic rings. The number of hydrogen-bond donors (Lipinski definition) is 0. The summed E-state index contributed by atoms with van der Waals surface area (Å²) in [6.45, 7) is 7.92. The quantitative estimate of drug-likeness (QED) is 0.631. The molecule has 1 heterocycles. The van der Waals surface area contributed by atoms with Crippen molar-refractivity contribution in [3.63, 3.8) is 0 Å². The van der Waals surface area contributed by atoms with Crippen LogP contribution in [-0.2, 0) is 4.74 Å². The van der Waals surface area contributed by atoms with E-state index in [1.54, 1.807) is 0 Å². The molecule has 0 atom stereocenters. The minimum absolute atomic E-state index is 0.540. The molecule has 2 heteroatoms. The molecular formula is C12H25NO. The van der Waals surface area contributed by atoms with Gasteiger partial charge in [0.1, 0.15) is 0 Å². The molecular weight excluding hydrogens is 174 g/mol. The fraction of sp³-hybridized carbons (Fsp3) is 1.00. The smallest absolute Gasteiger partial charge is 0.0599 e. The van der Waals surface area contributed by atoms with Crippen LogP contribution in [0.5, 0.6) is 0 Å². The third-order valence-corrected chi connectivity index (χ3v) is 2.94. The molecule has 0 aromatic heterocycles. The van der Waals surface area contributed by atoms with E-state index >= 15 is 0 Å². The Hall–Kier alpha value is -0.0800. The Balaban J connectivity index is 1.96. The summed E-state index contributed by atoms with van der Waals surface area (Å²) < 4.78 is 5.86. The Bertz CT molecular complexity index is 139. The second kappa shape index (κ2) is 6.41. The van der Waals surface area contributed by atoms with Gasteiger partial charge in [-0.05, 0) is 38.6 Å². The Kier molecular flexibility index (Phi) is 5.49. The highest BCUT2D eigenvalue weighted by Gasteiger charge is 2.16. The average molecular weight is 199 g/mol. The zero-order chi connectivity index (χ0) is 10.4. The Morgan fingerprint density at radius 2 is 1.93 bits per heavy atom. The lowest BCUT2D eigenvalue weighted by Gasteiger charge is -2.28. The number of likely N-dealkylation sites (tertiary alicyclic amines) is 1. The summed E-state index contributed by atoms with van der Waals surface area (Å²) in [7, 11) is 2.19. The molecule has 1 saturated heterocycles. The van der Waals surface area contributed by atoms with E-state index in [1.807, 2.05) is 0 Å². The monoisotopic (exact) mass is 199 g/mol. The van der Waals surface area contributed by atoms with Gasteiger partial charge in [0, 0.05) is 19.7 Å². The van der Waals surface area contributed by atoms with Crippen molar-refractivity contribution < 1.29 is 4.74 Å². The lowest BCUT2D eigenvalue weighted by atomic mass is 10.1. The molecule has 1 fully saturated rings. The highest BCUT2D eigenvalue weighted by atomic mass is 16.5. The van der Waals surface area contributed by atoms with Crippen molar-refractivity contribution in [2.24, 2.45) is 5.92 Å². The highest BCUT2D eigenvalue weighted by Crippen LogP contribution is 2.13. The van der Waals surface area contributed by atoms with E-state index < -0.39 is 0 Å². The van der Waals surface area contributed by atoms with E-state index in [2.05, 4.69) is 25.8 Å². The summed E-state index contributed by atoms with van der Waals surface area (Å²) in [5.41, 5.74) is 0. The maximum atomic E-state index is 5.86. The van der Waals surface area contributed by atoms with E-state index in [9.17, 15) is 0 Å². The predicted octanol–water partition coefficient (Wildman–Crippen LogP) is 2.53. The molecule has 0 saturated carbocycles. The number of ether oxygens (including phenoxy) is 1. The van der Waals surface area contributed by atoms with Crippen LogP contribution in [-0.4, -0.2) is 37.7 Å². The Labute approximate surface area is 88.6 Å². The molecule has 0 radical (unpaired) electrons. The van der Waals surface area contributed by atoms with Crippen LogP contribution in [0.3, 0.4) is 0 Å². The van der Waals surface area contributed by atoms with Crippen LogP contribution >= 0.6 is 0 Å². The van der Waals surface area contributed by atoms with Gasteiger partial charge in [-0.2, -0.15) is 0 Å². The fourth-order valence-electron chi connectivity index (χ4n) is 1.89. The lowest BCUT2D eigenvalue weighted by Crippen LogP contribution is -2.34. The lowest BCUT2D eigenvalue weighted by molar-refractivity contribution is 0.0100. The van der Waals surface area contributed by atoms with Gasteiger partial charge >= 0.3 is 0 Å². The topological polar surface area (TPSA) is 12.5 Å². The third kappa shape index (κ3) is 4.97. The van der Waals surface area contributed by atoms with Crippen LogP contribution in [0.15, 0.2) is 0 Å². The second-order valence-corrected chi connectivity index (χ2v) is 4.91. The summed E-state index contributed by atoms with van der Waals surface area (Å²) in [6, 6.07) is 0. The molecule has 0 aliphatic carbocycles. The number of hydrogen-bond acceptors (Lipinski definition) is 2. The summed E-state index contributed by atoms with van der Waals surface area (Å²) >= 11 is 0. The van der Waals surface area contributed by atoms with Crippen molar-refractivity contribution >= 4 is 0 Å². The average Bonchev–Trinajstić information content (AvgIpc) is 2.15. The minimum Gasteiger partial charge on any atom is -0.378 e. The fourth-order valence-corrected chi connectivity index (χ4v) is 1.89. The first kappa shape index (κ1) is 12.0. The van der Waals surface area contributed by atoms with Crippen molar-refractivity contribution in [1.29, 1.82) is 0 Å². The second-order valence-electron chi connectivity index (χ2n) is 4.91. The van der Waals surface area contributed by atoms with E-state index in [-0.39, 0.29) is 0 Å². The third-order valence-electron chi connectivity index (χ3n) is 2.94. The molecule has 14 heavy (non-hydrogen) atoms. The zero-order valence-electron chi connectivity index (χ0n) is 9.96. The molecule has 0 aromatic carbocycles. The van der Waals surface area contributed by atoms with Crippen LogP contribution < -0.4 is 0 Å². The SMILES string of the molecule is CC(C)CCCOC1CCN(C)CC1. The molecule has 0 spiro atoms. The first-order valence-corrected chi connectivity index (χ1v) is 5.98. The van der Waals surface area contributed by atoms with Crippen molar-refractivity contribution in [1.82, 2.24) is 4.90 Å². The summed E-state index contributed by atoms with van der Waals surface area (Å²) in [5.74, 6) is 0.816. The number of piperidine rings is 1. The summed E-state index contributed by atoms with van der Waals surface area (Å²) in [4.78, 5) is 2.38. The van der Waals surface area contributed by atoms with Crippen molar-refractivity contribution in [2.45, 2.75) is 45.6 Å². The highest BCUT2D eigenvalue weighted by molar-refractivity contribution is 4.69. The van der Waals surface area contributed by atoms with Crippen molar-refractivity contribution in [2.75, 3.05) is 26.7 Å². The predicted molar refractivity (Wildman–Crippen MR) is 60.5 cm³/mol. The molecule has 0 N–H and O–H groups in total. The van der Waals surface area contributed by atoms with Gasteiger partial charge in [-0.3, -0.25) is 0 Å². The van der Waals surface area contributed by atoms with Gasteiger partial charge in [0.2, 0.25) is 0 Å². The number of rotatable bonds is 5. The van der Waals surface area contributed by atoms with Crippen molar-refractivity contribution in [3.05, 3.63) is 0 Å². The van der Waals surface area contributed by atoms with Crippen LogP contribution in [0.25, 0.3) is 0 Å². The first-order chi connectivity index (χ1) is 6.68. The Morgan fingerprint density at radius 1 is 1.29 bits per heavy atom. The number of nitrogens with zero attached hydrogens (tertiary/aromatic N) is 1. The zero-order valence-corrected chi connectivity index (χ0v) is 9.96. The standard InChI is InChI=1S/C12H25NO/c1-11(2)5-4-10-14-12-6-8-13(3)9-7-12/h11-12H,4-10H2,1-3H3. The van der Waals surface area contributed by atoms with E-state index in [0.29, 0.717) is 6.10 Å². The molecule has 2 nitrogen and oxygen atoms in total. The molecule has 0 aromatic rings. The van der Waals surface area contributed by atoms with Crippen LogP contribution in [0, 0.1) is 5.92 Å². The van der Waals surface area contributed by atoms with E-state index in [4.69, 9.17) is 4.74 Å². The van der Waals surface area contributed by atoms with Gasteiger partial charge in [0.25, 0.3) is 0 Å². The molecule has 1 rings (SSSR count). The van der Waals surface area contributed by atoms with Gasteiger partial charge in [-0.1, -0.05) is 13.8 Å². The van der Waals surface area contributed by atoms with Gasteiger partial charge < -0.3 is 9.64 Å². The van der Waals surface area contributed by atoms with Crippen LogP contribution in [0.2, 0.25) is 0 Å². The molecule has 0 bridgehead atoms. The maximum Gasteiger partial charge on any atom is 0.0599 e. The van der Waals surface area contributed by atoms with Crippen molar-refractivity contribution in [3.8, 4) is 0 Å². The van der Waals surface area contributed by atoms with Gasteiger partial charge in [-0.25, -0.2) is 0 Å². The molecule has 1 aliphatic heterocycles. The maximum absolute atomic E-state index is 5.86. The van der Waals surface area contributed by atoms with E-state index in [0.717, 1.165) is 12.5 Å². The van der Waals surface area contributed by atoms with Gasteiger partial charge in [-0.15, -0.1) is 0 Å². The molecule has 0 unspecified atom stereocenters. The summed E-state index contributed by atoms with van der Waals surface area (Å²) in [6.07, 6.45) is 5.51. The Morgan fingerprint density at radius 3 is 2.50 bits per heavy atom. The minimum atomic E-state index is 0.540. The normalized spacial score (nSPS) is 20.6. The largest absolute Gasteiger partial charge is 0.378 e. The van der Waals surface area contributed by atoms with Gasteiger partial charge in [0.05, 0.1) is 6.10 Å². The van der Waals surface area contributed by atoms with Gasteiger partial charge in [0.15, 0.2) is 0 Å². The molecule has 0 amide bonds. The van der Waals surface area contributed by atoms with Crippen LogP contribution in [0.1, 0.15) is 39.5 Å². The first-order valence-electron chi connectivity index (χ1n) is 5.98. The van der Waals surface area contributed by atoms with E-state index in [1.165, 1.54) is 38.8 Å². The van der Waals surface area contributed by atoms with Crippen LogP contribution in [0.4, 0.5) is 0 Å².